The summed E-state index contributed by atoms with van der Waals surface area (Å²) in [6, 6.07) is 8.99. The van der Waals surface area contributed by atoms with Crippen molar-refractivity contribution >= 4 is 0 Å². The number of unbranched alkanes of at least 4 members (excludes halogenated alkanes) is 1. The molecule has 0 aliphatic heterocycles. The molecule has 0 saturated carbocycles. The van der Waals surface area contributed by atoms with Gasteiger partial charge in [0.25, 0.3) is 0 Å². The van der Waals surface area contributed by atoms with Gasteiger partial charge in [0, 0.05) is 0 Å². The van der Waals surface area contributed by atoms with E-state index in [1.54, 1.807) is 0 Å². The molecule has 0 aromatic heterocycles. The van der Waals surface area contributed by atoms with Crippen molar-refractivity contribution in [2.45, 2.75) is 46.0 Å². The Morgan fingerprint density at radius 3 is 2.62 bits per heavy atom. The minimum absolute atomic E-state index is 0.654. The van der Waals surface area contributed by atoms with Gasteiger partial charge in [0.1, 0.15) is 0 Å². The number of hydrogen-bond acceptors (Lipinski definition) is 0. The second kappa shape index (κ2) is 5.06. The lowest BCUT2D eigenvalue weighted by Gasteiger charge is -2.07. The number of benzene rings is 1. The van der Waals surface area contributed by atoms with E-state index in [4.69, 9.17) is 0 Å². The van der Waals surface area contributed by atoms with Crippen LogP contribution in [0.1, 0.15) is 50.7 Å². The highest BCUT2D eigenvalue weighted by Crippen LogP contribution is 2.16. The maximum Gasteiger partial charge on any atom is -0.0219 e. The lowest BCUT2D eigenvalue weighted by Crippen LogP contribution is -1.90. The van der Waals surface area contributed by atoms with E-state index in [1.807, 2.05) is 0 Å². The van der Waals surface area contributed by atoms with Crippen LogP contribution in [0.15, 0.2) is 24.3 Å². The first kappa shape index (κ1) is 10.3. The normalized spacial score (nSPS) is 10.8. The zero-order chi connectivity index (χ0) is 9.68. The fraction of sp³-hybridized carbons (Fsp3) is 0.538. The molecular formula is C13H20. The summed E-state index contributed by atoms with van der Waals surface area (Å²) in [5, 5.41) is 0. The van der Waals surface area contributed by atoms with E-state index in [-0.39, 0.29) is 0 Å². The molecule has 0 N–H and O–H groups in total. The molecule has 0 atom stereocenters. The Kier molecular flexibility index (Phi) is 4.01. The first-order valence-electron chi connectivity index (χ1n) is 5.33. The fourth-order valence-corrected chi connectivity index (χ4v) is 1.49. The predicted molar refractivity (Wildman–Crippen MR) is 59.1 cm³/mol. The van der Waals surface area contributed by atoms with Crippen LogP contribution >= 0.6 is 0 Å². The van der Waals surface area contributed by atoms with Gasteiger partial charge < -0.3 is 0 Å². The second-order valence-electron chi connectivity index (χ2n) is 4.00. The lowest BCUT2D eigenvalue weighted by molar-refractivity contribution is 0.789. The van der Waals surface area contributed by atoms with Gasteiger partial charge in [0.2, 0.25) is 0 Å². The average Bonchev–Trinajstić information content (AvgIpc) is 2.15. The van der Waals surface area contributed by atoms with Crippen molar-refractivity contribution < 1.29 is 0 Å². The van der Waals surface area contributed by atoms with Crippen LogP contribution in [-0.4, -0.2) is 0 Å². The third kappa shape index (κ3) is 3.22. The van der Waals surface area contributed by atoms with Gasteiger partial charge in [0.15, 0.2) is 0 Å². The predicted octanol–water partition coefficient (Wildman–Crippen LogP) is 4.15. The molecule has 0 heteroatoms. The zero-order valence-electron chi connectivity index (χ0n) is 9.01. The molecule has 1 aromatic rings. The van der Waals surface area contributed by atoms with Crippen molar-refractivity contribution in [2.24, 2.45) is 0 Å². The Hall–Kier alpha value is -0.780. The molecular weight excluding hydrogens is 156 g/mol. The lowest BCUT2D eigenvalue weighted by atomic mass is 9.99. The summed E-state index contributed by atoms with van der Waals surface area (Å²) in [5.74, 6) is 0.654. The Labute approximate surface area is 82.0 Å². The summed E-state index contributed by atoms with van der Waals surface area (Å²) in [7, 11) is 0. The molecule has 0 bridgehead atoms. The molecule has 0 heterocycles. The molecule has 0 radical (unpaired) electrons. The highest BCUT2D eigenvalue weighted by molar-refractivity contribution is 5.25. The van der Waals surface area contributed by atoms with Gasteiger partial charge in [-0.3, -0.25) is 0 Å². The topological polar surface area (TPSA) is 0 Å². The van der Waals surface area contributed by atoms with Crippen molar-refractivity contribution in [3.63, 3.8) is 0 Å². The molecule has 1 aromatic carbocycles. The molecule has 72 valence electrons. The number of hydrogen-bond donors (Lipinski definition) is 0. The molecule has 0 spiro atoms. The van der Waals surface area contributed by atoms with Crippen molar-refractivity contribution in [2.75, 3.05) is 0 Å². The standard InChI is InChI=1S/C13H20/c1-4-5-7-12-8-6-9-13(10-12)11(2)3/h6,8-11H,4-5,7H2,1-3H3. The Morgan fingerprint density at radius 2 is 2.00 bits per heavy atom. The van der Waals surface area contributed by atoms with Crippen molar-refractivity contribution in [3.8, 4) is 0 Å². The minimum Gasteiger partial charge on any atom is -0.0654 e. The summed E-state index contributed by atoms with van der Waals surface area (Å²) >= 11 is 0. The van der Waals surface area contributed by atoms with Crippen LogP contribution in [0.4, 0.5) is 0 Å². The average molecular weight is 176 g/mol. The highest BCUT2D eigenvalue weighted by Gasteiger charge is 1.99. The quantitative estimate of drug-likeness (QED) is 0.646. The van der Waals surface area contributed by atoms with Crippen molar-refractivity contribution in [3.05, 3.63) is 35.4 Å². The summed E-state index contributed by atoms with van der Waals surface area (Å²) in [4.78, 5) is 0. The molecule has 13 heavy (non-hydrogen) atoms. The van der Waals surface area contributed by atoms with Crippen LogP contribution in [0.5, 0.6) is 0 Å². The maximum absolute atomic E-state index is 2.35. The summed E-state index contributed by atoms with van der Waals surface area (Å²) in [5.41, 5.74) is 2.96. The highest BCUT2D eigenvalue weighted by atomic mass is 14.0. The summed E-state index contributed by atoms with van der Waals surface area (Å²) in [6.45, 7) is 6.74. The van der Waals surface area contributed by atoms with Crippen LogP contribution < -0.4 is 0 Å². The molecule has 0 aliphatic carbocycles. The molecule has 0 aliphatic rings. The first-order chi connectivity index (χ1) is 6.24. The van der Waals surface area contributed by atoms with Gasteiger partial charge in [-0.05, 0) is 29.9 Å². The van der Waals surface area contributed by atoms with E-state index >= 15 is 0 Å². The molecule has 0 nitrogen and oxygen atoms in total. The van der Waals surface area contributed by atoms with Gasteiger partial charge >= 0.3 is 0 Å². The van der Waals surface area contributed by atoms with Crippen LogP contribution in [0.2, 0.25) is 0 Å². The first-order valence-corrected chi connectivity index (χ1v) is 5.33. The smallest absolute Gasteiger partial charge is 0.0219 e. The van der Waals surface area contributed by atoms with E-state index in [9.17, 15) is 0 Å². The molecule has 0 unspecified atom stereocenters. The molecule has 0 fully saturated rings. The van der Waals surface area contributed by atoms with E-state index in [0.717, 1.165) is 0 Å². The van der Waals surface area contributed by atoms with E-state index in [0.29, 0.717) is 5.92 Å². The molecule has 0 saturated heterocycles. The monoisotopic (exact) mass is 176 g/mol. The van der Waals surface area contributed by atoms with Gasteiger partial charge in [-0.1, -0.05) is 51.5 Å². The second-order valence-corrected chi connectivity index (χ2v) is 4.00. The van der Waals surface area contributed by atoms with E-state index < -0.39 is 0 Å². The van der Waals surface area contributed by atoms with Gasteiger partial charge in [-0.2, -0.15) is 0 Å². The SMILES string of the molecule is CCCCc1cccc(C(C)C)c1. The number of aryl methyl sites for hydroxylation is 1. The summed E-state index contributed by atoms with van der Waals surface area (Å²) in [6.07, 6.45) is 3.82. The van der Waals surface area contributed by atoms with Crippen molar-refractivity contribution in [1.29, 1.82) is 0 Å². The van der Waals surface area contributed by atoms with Gasteiger partial charge in [-0.25, -0.2) is 0 Å². The zero-order valence-corrected chi connectivity index (χ0v) is 9.01. The van der Waals surface area contributed by atoms with Crippen LogP contribution in [-0.2, 0) is 6.42 Å². The van der Waals surface area contributed by atoms with E-state index in [1.165, 1.54) is 30.4 Å². The van der Waals surface area contributed by atoms with Crippen molar-refractivity contribution in [1.82, 2.24) is 0 Å². The third-order valence-corrected chi connectivity index (χ3v) is 2.44. The van der Waals surface area contributed by atoms with Gasteiger partial charge in [-0.15, -0.1) is 0 Å². The van der Waals surface area contributed by atoms with Crippen LogP contribution in [0.25, 0.3) is 0 Å². The minimum atomic E-state index is 0.654. The molecule has 1 rings (SSSR count). The maximum atomic E-state index is 2.35. The van der Waals surface area contributed by atoms with Crippen LogP contribution in [0.3, 0.4) is 0 Å². The van der Waals surface area contributed by atoms with E-state index in [2.05, 4.69) is 45.0 Å². The third-order valence-electron chi connectivity index (χ3n) is 2.44. The Morgan fingerprint density at radius 1 is 1.23 bits per heavy atom. The van der Waals surface area contributed by atoms with Crippen LogP contribution in [0, 0.1) is 0 Å². The summed E-state index contributed by atoms with van der Waals surface area (Å²) < 4.78 is 0. The van der Waals surface area contributed by atoms with Gasteiger partial charge in [0.05, 0.1) is 0 Å². The number of rotatable bonds is 4. The Bertz CT molecular complexity index is 248. The molecule has 0 amide bonds. The largest absolute Gasteiger partial charge is 0.0654 e. The fourth-order valence-electron chi connectivity index (χ4n) is 1.49. The Balaban J connectivity index is 2.68.